The van der Waals surface area contributed by atoms with Crippen molar-refractivity contribution in [3.05, 3.63) is 0 Å². The summed E-state index contributed by atoms with van der Waals surface area (Å²) in [4.78, 5) is 23.8. The summed E-state index contributed by atoms with van der Waals surface area (Å²) in [6.07, 6.45) is 0.327. The highest BCUT2D eigenvalue weighted by Gasteiger charge is 2.48. The molecule has 0 aliphatic heterocycles. The zero-order valence-corrected chi connectivity index (χ0v) is 12.3. The van der Waals surface area contributed by atoms with Gasteiger partial charge in [-0.15, -0.1) is 0 Å². The van der Waals surface area contributed by atoms with Crippen LogP contribution < -0.4 is 0 Å². The first-order valence-corrected chi connectivity index (χ1v) is 6.56. The summed E-state index contributed by atoms with van der Waals surface area (Å²) in [5.41, 5.74) is -1.41. The largest absolute Gasteiger partial charge is 0.480 e. The lowest BCUT2D eigenvalue weighted by Crippen LogP contribution is -2.43. The summed E-state index contributed by atoms with van der Waals surface area (Å²) < 4.78 is 5.16. The molecule has 0 radical (unpaired) electrons. The Morgan fingerprint density at radius 1 is 1.00 bits per heavy atom. The van der Waals surface area contributed by atoms with Crippen molar-refractivity contribution >= 4 is 11.9 Å². The number of carbonyl (C=O) groups is 2. The monoisotopic (exact) mass is 258 g/mol. The minimum Gasteiger partial charge on any atom is -0.480 e. The first-order chi connectivity index (χ1) is 8.11. The van der Waals surface area contributed by atoms with E-state index in [0.29, 0.717) is 12.8 Å². The maximum atomic E-state index is 12.2. The summed E-state index contributed by atoms with van der Waals surface area (Å²) >= 11 is 0. The summed E-state index contributed by atoms with van der Waals surface area (Å²) in [6.45, 7) is 11.1. The lowest BCUT2D eigenvalue weighted by Gasteiger charge is -2.31. The lowest BCUT2D eigenvalue weighted by atomic mass is 9.74. The fraction of sp³-hybridized carbons (Fsp3) is 0.857. The molecule has 0 heterocycles. The highest BCUT2D eigenvalue weighted by atomic mass is 16.5. The van der Waals surface area contributed by atoms with Crippen LogP contribution in [0.1, 0.15) is 54.4 Å². The molecule has 0 unspecified atom stereocenters. The van der Waals surface area contributed by atoms with Gasteiger partial charge in [0.05, 0.1) is 6.10 Å². The number of aliphatic carboxylic acids is 1. The molecule has 4 nitrogen and oxygen atoms in total. The number of ether oxygens (including phenoxy) is 1. The van der Waals surface area contributed by atoms with Gasteiger partial charge in [-0.05, 0) is 38.5 Å². The molecule has 0 aliphatic rings. The first-order valence-electron chi connectivity index (χ1n) is 6.56. The molecule has 0 aliphatic carbocycles. The second-order valence-electron chi connectivity index (χ2n) is 6.04. The second-order valence-corrected chi connectivity index (χ2v) is 6.04. The number of carboxylic acids is 1. The Hall–Kier alpha value is -1.06. The molecular formula is C14H26O4. The first kappa shape index (κ1) is 16.9. The van der Waals surface area contributed by atoms with Gasteiger partial charge in [-0.1, -0.05) is 27.7 Å². The molecule has 0 spiro atoms. The highest BCUT2D eigenvalue weighted by molar-refractivity contribution is 5.99. The highest BCUT2D eigenvalue weighted by Crippen LogP contribution is 2.36. The van der Waals surface area contributed by atoms with Crippen LogP contribution in [0.15, 0.2) is 0 Å². The van der Waals surface area contributed by atoms with Crippen molar-refractivity contribution in [3.8, 4) is 0 Å². The van der Waals surface area contributed by atoms with Gasteiger partial charge in [0.1, 0.15) is 0 Å². The third kappa shape index (κ3) is 4.67. The van der Waals surface area contributed by atoms with E-state index in [4.69, 9.17) is 4.74 Å². The fourth-order valence-electron chi connectivity index (χ4n) is 2.23. The molecule has 106 valence electrons. The van der Waals surface area contributed by atoms with E-state index in [-0.39, 0.29) is 17.9 Å². The fourth-order valence-corrected chi connectivity index (χ4v) is 2.23. The Kier molecular flexibility index (Phi) is 6.36. The van der Waals surface area contributed by atoms with Gasteiger partial charge in [0.2, 0.25) is 0 Å². The second kappa shape index (κ2) is 6.76. The summed E-state index contributed by atoms with van der Waals surface area (Å²) in [7, 11) is 0. The van der Waals surface area contributed by atoms with Gasteiger partial charge in [-0.3, -0.25) is 9.59 Å². The van der Waals surface area contributed by atoms with Crippen molar-refractivity contribution in [2.24, 2.45) is 17.3 Å². The van der Waals surface area contributed by atoms with E-state index >= 15 is 0 Å². The quantitative estimate of drug-likeness (QED) is 0.563. The molecule has 18 heavy (non-hydrogen) atoms. The number of carbonyl (C=O) groups excluding carboxylic acids is 1. The van der Waals surface area contributed by atoms with Gasteiger partial charge in [0.25, 0.3) is 0 Å². The number of esters is 1. The van der Waals surface area contributed by atoms with E-state index in [1.54, 1.807) is 13.8 Å². The number of hydrogen-bond acceptors (Lipinski definition) is 3. The predicted molar refractivity (Wildman–Crippen MR) is 70.2 cm³/mol. The smallest absolute Gasteiger partial charge is 0.323 e. The van der Waals surface area contributed by atoms with Crippen molar-refractivity contribution in [1.82, 2.24) is 0 Å². The molecule has 0 aromatic heterocycles. The maximum absolute atomic E-state index is 12.2. The van der Waals surface area contributed by atoms with Crippen LogP contribution in [0, 0.1) is 17.3 Å². The van der Waals surface area contributed by atoms with E-state index in [1.807, 2.05) is 27.7 Å². The van der Waals surface area contributed by atoms with E-state index in [1.165, 1.54) is 0 Å². The normalized spacial score (nSPS) is 12.3. The molecule has 0 atom stereocenters. The zero-order chi connectivity index (χ0) is 14.5. The van der Waals surface area contributed by atoms with Crippen LogP contribution >= 0.6 is 0 Å². The molecule has 0 aromatic rings. The molecular weight excluding hydrogens is 232 g/mol. The lowest BCUT2D eigenvalue weighted by molar-refractivity contribution is -0.174. The molecule has 0 bridgehead atoms. The van der Waals surface area contributed by atoms with Gasteiger partial charge >= 0.3 is 11.9 Å². The minimum absolute atomic E-state index is 0.125. The average Bonchev–Trinajstić information content (AvgIpc) is 2.13. The van der Waals surface area contributed by atoms with Crippen molar-refractivity contribution in [2.45, 2.75) is 60.5 Å². The molecule has 0 fully saturated rings. The Morgan fingerprint density at radius 2 is 1.39 bits per heavy atom. The van der Waals surface area contributed by atoms with Gasteiger partial charge in [-0.2, -0.15) is 0 Å². The van der Waals surface area contributed by atoms with Gasteiger partial charge in [-0.25, -0.2) is 0 Å². The Labute approximate surface area is 110 Å². The van der Waals surface area contributed by atoms with Crippen molar-refractivity contribution < 1.29 is 19.4 Å². The third-order valence-corrected chi connectivity index (χ3v) is 2.66. The SMILES string of the molecule is CC(C)CC(CC(C)C)(C(=O)O)C(=O)OC(C)C. The topological polar surface area (TPSA) is 63.6 Å². The van der Waals surface area contributed by atoms with Crippen LogP contribution in [0.2, 0.25) is 0 Å². The van der Waals surface area contributed by atoms with Crippen molar-refractivity contribution in [1.29, 1.82) is 0 Å². The number of carboxylic acid groups (broad SMARTS) is 1. The molecule has 0 amide bonds. The van der Waals surface area contributed by atoms with Crippen LogP contribution in [-0.4, -0.2) is 23.1 Å². The van der Waals surface area contributed by atoms with Crippen molar-refractivity contribution in [3.63, 3.8) is 0 Å². The molecule has 0 rings (SSSR count). The zero-order valence-electron chi connectivity index (χ0n) is 12.3. The van der Waals surface area contributed by atoms with Gasteiger partial charge in [0, 0.05) is 0 Å². The standard InChI is InChI=1S/C14H26O4/c1-9(2)7-14(12(15)16,8-10(3)4)13(17)18-11(5)6/h9-11H,7-8H2,1-6H3,(H,15,16). The minimum atomic E-state index is -1.41. The Morgan fingerprint density at radius 3 is 1.61 bits per heavy atom. The van der Waals surface area contributed by atoms with E-state index in [9.17, 15) is 14.7 Å². The van der Waals surface area contributed by atoms with Gasteiger partial charge < -0.3 is 9.84 Å². The van der Waals surface area contributed by atoms with Crippen LogP contribution in [0.25, 0.3) is 0 Å². The molecule has 4 heteroatoms. The number of hydrogen-bond donors (Lipinski definition) is 1. The van der Waals surface area contributed by atoms with E-state index in [2.05, 4.69) is 0 Å². The van der Waals surface area contributed by atoms with Crippen LogP contribution in [0.4, 0.5) is 0 Å². The van der Waals surface area contributed by atoms with Gasteiger partial charge in [0.15, 0.2) is 5.41 Å². The summed E-state index contributed by atoms with van der Waals surface area (Å²) in [5.74, 6) is -1.43. The van der Waals surface area contributed by atoms with Crippen LogP contribution in [-0.2, 0) is 14.3 Å². The Bertz CT molecular complexity index is 282. The summed E-state index contributed by atoms with van der Waals surface area (Å²) in [6, 6.07) is 0. The molecule has 0 saturated heterocycles. The molecule has 0 aromatic carbocycles. The van der Waals surface area contributed by atoms with Crippen LogP contribution in [0.3, 0.4) is 0 Å². The third-order valence-electron chi connectivity index (χ3n) is 2.66. The number of rotatable bonds is 7. The molecule has 1 N–H and O–H groups in total. The average molecular weight is 258 g/mol. The van der Waals surface area contributed by atoms with E-state index < -0.39 is 17.4 Å². The molecule has 0 saturated carbocycles. The maximum Gasteiger partial charge on any atom is 0.323 e. The summed E-state index contributed by atoms with van der Waals surface area (Å²) in [5, 5.41) is 9.50. The van der Waals surface area contributed by atoms with E-state index in [0.717, 1.165) is 0 Å². The Balaban J connectivity index is 5.31. The predicted octanol–water partition coefficient (Wildman–Crippen LogP) is 3.10. The van der Waals surface area contributed by atoms with Crippen molar-refractivity contribution in [2.75, 3.05) is 0 Å². The van der Waals surface area contributed by atoms with Crippen LogP contribution in [0.5, 0.6) is 0 Å².